The molecule has 1 heterocycles. The van der Waals surface area contributed by atoms with Crippen LogP contribution in [-0.4, -0.2) is 41.8 Å². The van der Waals surface area contributed by atoms with Crippen molar-refractivity contribution in [3.05, 3.63) is 64.6 Å². The van der Waals surface area contributed by atoms with Gasteiger partial charge in [0.2, 0.25) is 0 Å². The van der Waals surface area contributed by atoms with Gasteiger partial charge in [-0.3, -0.25) is 14.5 Å². The number of amides is 2. The van der Waals surface area contributed by atoms with Crippen molar-refractivity contribution in [2.45, 2.75) is 26.5 Å². The maximum Gasteiger partial charge on any atom is 0.328 e. The Kier molecular flexibility index (Phi) is 7.36. The summed E-state index contributed by atoms with van der Waals surface area (Å²) in [5, 5.41) is -0.512. The second-order valence-electron chi connectivity index (χ2n) is 6.66. The van der Waals surface area contributed by atoms with Gasteiger partial charge in [-0.05, 0) is 54.9 Å². The minimum atomic E-state index is -0.990. The number of carbonyl (C=O) groups is 3. The van der Waals surface area contributed by atoms with Gasteiger partial charge in [-0.25, -0.2) is 4.79 Å². The predicted molar refractivity (Wildman–Crippen MR) is 118 cm³/mol. The standard InChI is InChI=1S/C23H23NO6S/c1-4-29-19-12-17(10-11-18(19)30-14-16-8-6-5-7-9-16)13-20-21(25)24(23(27)31-20)15(2)22(26)28-3/h5-13,15H,4,14H2,1-3H3/b20-13+/t15-/m0/s1. The largest absolute Gasteiger partial charge is 0.490 e. The Balaban J connectivity index is 1.80. The Bertz CT molecular complexity index is 1000. The number of benzene rings is 2. The zero-order valence-corrected chi connectivity index (χ0v) is 18.3. The van der Waals surface area contributed by atoms with Gasteiger partial charge in [0.15, 0.2) is 11.5 Å². The molecule has 0 unspecified atom stereocenters. The third-order valence-corrected chi connectivity index (χ3v) is 5.44. The van der Waals surface area contributed by atoms with Crippen molar-refractivity contribution in [3.8, 4) is 11.5 Å². The third-order valence-electron chi connectivity index (χ3n) is 4.56. The molecule has 1 aliphatic heterocycles. The van der Waals surface area contributed by atoms with Gasteiger partial charge < -0.3 is 14.2 Å². The maximum absolute atomic E-state index is 12.7. The van der Waals surface area contributed by atoms with Crippen molar-refractivity contribution in [3.63, 3.8) is 0 Å². The molecule has 1 fully saturated rings. The molecular weight excluding hydrogens is 418 g/mol. The van der Waals surface area contributed by atoms with Crippen LogP contribution < -0.4 is 9.47 Å². The van der Waals surface area contributed by atoms with E-state index in [1.165, 1.54) is 14.0 Å². The number of ether oxygens (including phenoxy) is 3. The highest BCUT2D eigenvalue weighted by molar-refractivity contribution is 8.18. The Hall–Kier alpha value is -3.26. The van der Waals surface area contributed by atoms with Crippen LogP contribution in [0.2, 0.25) is 0 Å². The van der Waals surface area contributed by atoms with Gasteiger partial charge in [0, 0.05) is 0 Å². The summed E-state index contributed by atoms with van der Waals surface area (Å²) in [5.74, 6) is -0.0676. The Labute approximate surface area is 185 Å². The van der Waals surface area contributed by atoms with Crippen LogP contribution in [0.3, 0.4) is 0 Å². The molecule has 1 atom stereocenters. The molecule has 1 aliphatic rings. The van der Waals surface area contributed by atoms with Crippen LogP contribution in [0.5, 0.6) is 11.5 Å². The maximum atomic E-state index is 12.7. The fourth-order valence-corrected chi connectivity index (χ4v) is 3.89. The quantitative estimate of drug-likeness (QED) is 0.447. The zero-order valence-electron chi connectivity index (χ0n) is 17.5. The minimum absolute atomic E-state index is 0.223. The third kappa shape index (κ3) is 5.27. The lowest BCUT2D eigenvalue weighted by molar-refractivity contribution is -0.148. The topological polar surface area (TPSA) is 82.1 Å². The predicted octanol–water partition coefficient (Wildman–Crippen LogP) is 4.26. The van der Waals surface area contributed by atoms with E-state index in [1.54, 1.807) is 24.3 Å². The molecule has 3 rings (SSSR count). The van der Waals surface area contributed by atoms with Crippen LogP contribution >= 0.6 is 11.8 Å². The van der Waals surface area contributed by atoms with Crippen LogP contribution in [0.25, 0.3) is 6.08 Å². The molecule has 162 valence electrons. The highest BCUT2D eigenvalue weighted by atomic mass is 32.2. The smallest absolute Gasteiger partial charge is 0.328 e. The summed E-state index contributed by atoms with van der Waals surface area (Å²) in [4.78, 5) is 37.8. The van der Waals surface area contributed by atoms with E-state index in [-0.39, 0.29) is 4.91 Å². The van der Waals surface area contributed by atoms with Crippen molar-refractivity contribution in [2.24, 2.45) is 0 Å². The van der Waals surface area contributed by atoms with Crippen LogP contribution in [0.1, 0.15) is 25.0 Å². The number of hydrogen-bond donors (Lipinski definition) is 0. The molecule has 7 nitrogen and oxygen atoms in total. The molecule has 0 aliphatic carbocycles. The summed E-state index contributed by atoms with van der Waals surface area (Å²) in [6, 6.07) is 14.1. The van der Waals surface area contributed by atoms with Crippen LogP contribution in [0, 0.1) is 0 Å². The van der Waals surface area contributed by atoms with Crippen LogP contribution in [0.15, 0.2) is 53.4 Å². The minimum Gasteiger partial charge on any atom is -0.490 e. The van der Waals surface area contributed by atoms with Crippen molar-refractivity contribution in [2.75, 3.05) is 13.7 Å². The molecule has 0 bridgehead atoms. The molecule has 31 heavy (non-hydrogen) atoms. The van der Waals surface area contributed by atoms with Crippen molar-refractivity contribution >= 4 is 35.0 Å². The lowest BCUT2D eigenvalue weighted by Crippen LogP contribution is -2.42. The molecule has 0 aromatic heterocycles. The summed E-state index contributed by atoms with van der Waals surface area (Å²) >= 11 is 0.782. The number of imide groups is 1. The van der Waals surface area contributed by atoms with Crippen molar-refractivity contribution in [1.29, 1.82) is 0 Å². The highest BCUT2D eigenvalue weighted by Gasteiger charge is 2.41. The average molecular weight is 442 g/mol. The van der Waals surface area contributed by atoms with Gasteiger partial charge in [0.25, 0.3) is 11.1 Å². The van der Waals surface area contributed by atoms with E-state index in [1.807, 2.05) is 37.3 Å². The summed E-state index contributed by atoms with van der Waals surface area (Å²) in [7, 11) is 1.21. The van der Waals surface area contributed by atoms with Crippen LogP contribution in [-0.2, 0) is 20.9 Å². The van der Waals surface area contributed by atoms with E-state index in [0.717, 1.165) is 22.2 Å². The van der Waals surface area contributed by atoms with E-state index in [2.05, 4.69) is 4.74 Å². The highest BCUT2D eigenvalue weighted by Crippen LogP contribution is 2.36. The normalized spacial score (nSPS) is 15.8. The first-order valence-electron chi connectivity index (χ1n) is 9.73. The number of thioether (sulfide) groups is 1. The zero-order chi connectivity index (χ0) is 22.4. The number of hydrogen-bond acceptors (Lipinski definition) is 7. The SMILES string of the molecule is CCOc1cc(/C=C2/SC(=O)N([C@@H](C)C(=O)OC)C2=O)ccc1OCc1ccccc1. The first-order chi connectivity index (χ1) is 14.9. The molecule has 2 amide bonds. The van der Waals surface area contributed by atoms with Crippen molar-refractivity contribution in [1.82, 2.24) is 4.90 Å². The summed E-state index contributed by atoms with van der Waals surface area (Å²) < 4.78 is 16.2. The molecule has 2 aromatic carbocycles. The molecule has 1 saturated heterocycles. The fourth-order valence-electron chi connectivity index (χ4n) is 2.98. The first kappa shape index (κ1) is 22.4. The van der Waals surface area contributed by atoms with Gasteiger partial charge in [0.1, 0.15) is 12.6 Å². The fraction of sp³-hybridized carbons (Fsp3) is 0.261. The summed E-state index contributed by atoms with van der Waals surface area (Å²) in [6.45, 7) is 4.16. The Morgan fingerprint density at radius 2 is 1.84 bits per heavy atom. The molecular formula is C23H23NO6S. The average Bonchev–Trinajstić information content (AvgIpc) is 3.05. The Morgan fingerprint density at radius 3 is 2.52 bits per heavy atom. The van der Waals surface area contributed by atoms with E-state index in [0.29, 0.717) is 30.3 Å². The van der Waals surface area contributed by atoms with E-state index in [4.69, 9.17) is 9.47 Å². The van der Waals surface area contributed by atoms with E-state index < -0.39 is 23.2 Å². The molecule has 0 saturated carbocycles. The van der Waals surface area contributed by atoms with Gasteiger partial charge in [-0.2, -0.15) is 0 Å². The number of carbonyl (C=O) groups excluding carboxylic acids is 3. The summed E-state index contributed by atoms with van der Waals surface area (Å²) in [5.41, 5.74) is 1.70. The van der Waals surface area contributed by atoms with Gasteiger partial charge >= 0.3 is 5.97 Å². The van der Waals surface area contributed by atoms with Gasteiger partial charge in [-0.15, -0.1) is 0 Å². The van der Waals surface area contributed by atoms with Crippen molar-refractivity contribution < 1.29 is 28.6 Å². The number of methoxy groups -OCH3 is 1. The van der Waals surface area contributed by atoms with Crippen LogP contribution in [0.4, 0.5) is 4.79 Å². The van der Waals surface area contributed by atoms with Gasteiger partial charge in [-0.1, -0.05) is 36.4 Å². The second-order valence-corrected chi connectivity index (χ2v) is 7.66. The first-order valence-corrected chi connectivity index (χ1v) is 10.5. The monoisotopic (exact) mass is 441 g/mol. The molecule has 0 spiro atoms. The molecule has 0 N–H and O–H groups in total. The van der Waals surface area contributed by atoms with E-state index >= 15 is 0 Å². The Morgan fingerprint density at radius 1 is 1.10 bits per heavy atom. The molecule has 2 aromatic rings. The summed E-state index contributed by atoms with van der Waals surface area (Å²) in [6.07, 6.45) is 1.60. The number of esters is 1. The number of rotatable bonds is 8. The van der Waals surface area contributed by atoms with Gasteiger partial charge in [0.05, 0.1) is 18.6 Å². The van der Waals surface area contributed by atoms with E-state index in [9.17, 15) is 14.4 Å². The molecule has 8 heteroatoms. The second kappa shape index (κ2) is 10.2. The lowest BCUT2D eigenvalue weighted by Gasteiger charge is -2.18. The molecule has 0 radical (unpaired) electrons. The number of nitrogens with zero attached hydrogens (tertiary/aromatic N) is 1. The lowest BCUT2D eigenvalue weighted by atomic mass is 10.1.